The first kappa shape index (κ1) is 22.7. The number of carbonyl (C=O) groups is 1. The van der Waals surface area contributed by atoms with Crippen LogP contribution < -0.4 is 10.5 Å². The molecule has 3 atom stereocenters. The third-order valence-corrected chi connectivity index (χ3v) is 4.59. The van der Waals surface area contributed by atoms with Crippen LogP contribution in [0.2, 0.25) is 0 Å². The van der Waals surface area contributed by atoms with Gasteiger partial charge in [0.1, 0.15) is 5.75 Å². The molecular formula is C21H24F3NO4. The molecule has 0 heterocycles. The minimum Gasteiger partial charge on any atom is -0.493 e. The molecule has 0 fully saturated rings. The van der Waals surface area contributed by atoms with Crippen LogP contribution in [0, 0.1) is 5.92 Å². The number of methoxy groups -OCH3 is 1. The molecule has 2 aromatic rings. The predicted octanol–water partition coefficient (Wildman–Crippen LogP) is 3.50. The molecule has 0 aliphatic carbocycles. The van der Waals surface area contributed by atoms with E-state index in [1.54, 1.807) is 31.2 Å². The van der Waals surface area contributed by atoms with E-state index in [4.69, 9.17) is 10.5 Å². The molecule has 0 aliphatic rings. The van der Waals surface area contributed by atoms with Crippen molar-refractivity contribution in [2.75, 3.05) is 13.7 Å². The normalized spacial score (nSPS) is 14.7. The standard InChI is InChI=1S/C21H24F3NO4/c1-13(12-29-17-8-6-14(7-9-17)10-18(26)28-2)19(25)20(27)15-4-3-5-16(11-15)21(22,23)24/h3-9,11,13,19-20,27H,10,12,25H2,1-2H3. The maximum Gasteiger partial charge on any atom is 0.416 e. The Hall–Kier alpha value is -2.58. The zero-order valence-corrected chi connectivity index (χ0v) is 16.1. The minimum absolute atomic E-state index is 0.103. The monoisotopic (exact) mass is 411 g/mol. The molecule has 5 nitrogen and oxygen atoms in total. The number of carbonyl (C=O) groups excluding carboxylic acids is 1. The van der Waals surface area contributed by atoms with Crippen LogP contribution in [0.3, 0.4) is 0 Å². The summed E-state index contributed by atoms with van der Waals surface area (Å²) >= 11 is 0. The third kappa shape index (κ3) is 6.47. The van der Waals surface area contributed by atoms with Crippen LogP contribution >= 0.6 is 0 Å². The number of aliphatic hydroxyl groups is 1. The van der Waals surface area contributed by atoms with Gasteiger partial charge in [-0.3, -0.25) is 4.79 Å². The van der Waals surface area contributed by atoms with Crippen molar-refractivity contribution >= 4 is 5.97 Å². The fourth-order valence-corrected chi connectivity index (χ4v) is 2.71. The average molecular weight is 411 g/mol. The molecule has 0 amide bonds. The molecule has 3 N–H and O–H groups in total. The van der Waals surface area contributed by atoms with Crippen molar-refractivity contribution < 1.29 is 32.5 Å². The molecule has 2 rings (SSSR count). The van der Waals surface area contributed by atoms with Crippen molar-refractivity contribution in [1.29, 1.82) is 0 Å². The van der Waals surface area contributed by atoms with Gasteiger partial charge in [-0.2, -0.15) is 13.2 Å². The van der Waals surface area contributed by atoms with Crippen molar-refractivity contribution in [2.24, 2.45) is 11.7 Å². The Morgan fingerprint density at radius 2 is 1.83 bits per heavy atom. The van der Waals surface area contributed by atoms with Crippen LogP contribution in [0.1, 0.15) is 29.7 Å². The van der Waals surface area contributed by atoms with Gasteiger partial charge in [-0.25, -0.2) is 0 Å². The Kier molecular flexibility index (Phi) is 7.64. The van der Waals surface area contributed by atoms with E-state index in [0.717, 1.165) is 17.7 Å². The molecule has 2 aromatic carbocycles. The number of nitrogens with two attached hydrogens (primary N) is 1. The summed E-state index contributed by atoms with van der Waals surface area (Å²) in [5, 5.41) is 10.4. The summed E-state index contributed by atoms with van der Waals surface area (Å²) in [5.41, 5.74) is 6.09. The van der Waals surface area contributed by atoms with E-state index >= 15 is 0 Å². The average Bonchev–Trinajstić information content (AvgIpc) is 2.71. The summed E-state index contributed by atoms with van der Waals surface area (Å²) in [6.07, 6.45) is -5.60. The Labute approximate surface area is 167 Å². The van der Waals surface area contributed by atoms with Crippen LogP contribution in [-0.2, 0) is 22.1 Å². The van der Waals surface area contributed by atoms with Gasteiger partial charge >= 0.3 is 12.1 Å². The summed E-state index contributed by atoms with van der Waals surface area (Å²) < 4.78 is 48.8. The van der Waals surface area contributed by atoms with Crippen LogP contribution in [0.5, 0.6) is 5.75 Å². The van der Waals surface area contributed by atoms with E-state index in [1.807, 2.05) is 0 Å². The second-order valence-corrected chi connectivity index (χ2v) is 6.83. The lowest BCUT2D eigenvalue weighted by Crippen LogP contribution is -2.37. The molecule has 3 unspecified atom stereocenters. The number of rotatable bonds is 8. The first-order valence-corrected chi connectivity index (χ1v) is 9.01. The van der Waals surface area contributed by atoms with E-state index in [0.29, 0.717) is 5.75 Å². The van der Waals surface area contributed by atoms with Gasteiger partial charge in [0.25, 0.3) is 0 Å². The molecule has 158 valence electrons. The Balaban J connectivity index is 1.95. The molecule has 8 heteroatoms. The van der Waals surface area contributed by atoms with E-state index < -0.39 is 23.9 Å². The molecule has 0 saturated carbocycles. The molecule has 0 radical (unpaired) electrons. The van der Waals surface area contributed by atoms with E-state index in [1.165, 1.54) is 19.2 Å². The van der Waals surface area contributed by atoms with Gasteiger partial charge in [-0.15, -0.1) is 0 Å². The Morgan fingerprint density at radius 1 is 1.17 bits per heavy atom. The second-order valence-electron chi connectivity index (χ2n) is 6.83. The zero-order chi connectivity index (χ0) is 21.6. The summed E-state index contributed by atoms with van der Waals surface area (Å²) in [4.78, 5) is 11.3. The van der Waals surface area contributed by atoms with Crippen LogP contribution in [0.15, 0.2) is 48.5 Å². The largest absolute Gasteiger partial charge is 0.493 e. The lowest BCUT2D eigenvalue weighted by Gasteiger charge is -2.26. The topological polar surface area (TPSA) is 81.8 Å². The lowest BCUT2D eigenvalue weighted by atomic mass is 9.92. The molecule has 29 heavy (non-hydrogen) atoms. The summed E-state index contributed by atoms with van der Waals surface area (Å²) in [6, 6.07) is 10.5. The van der Waals surface area contributed by atoms with Crippen molar-refractivity contribution in [2.45, 2.75) is 31.7 Å². The number of benzene rings is 2. The number of halogens is 3. The third-order valence-electron chi connectivity index (χ3n) is 4.59. The van der Waals surface area contributed by atoms with E-state index in [9.17, 15) is 23.1 Å². The highest BCUT2D eigenvalue weighted by Gasteiger charge is 2.32. The maximum absolute atomic E-state index is 12.9. The van der Waals surface area contributed by atoms with E-state index in [2.05, 4.69) is 4.74 Å². The Bertz CT molecular complexity index is 808. The molecule has 0 spiro atoms. The first-order chi connectivity index (χ1) is 13.6. The van der Waals surface area contributed by atoms with Gasteiger partial charge in [-0.05, 0) is 35.4 Å². The molecular weight excluding hydrogens is 387 g/mol. The quantitative estimate of drug-likeness (QED) is 0.650. The number of alkyl halides is 3. The van der Waals surface area contributed by atoms with Crippen molar-refractivity contribution in [3.8, 4) is 5.75 Å². The number of ether oxygens (including phenoxy) is 2. The minimum atomic E-state index is -4.49. The van der Waals surface area contributed by atoms with Gasteiger partial charge in [0.2, 0.25) is 0 Å². The van der Waals surface area contributed by atoms with Gasteiger partial charge in [0.15, 0.2) is 0 Å². The van der Waals surface area contributed by atoms with Crippen molar-refractivity contribution in [1.82, 2.24) is 0 Å². The number of hydrogen-bond donors (Lipinski definition) is 2. The lowest BCUT2D eigenvalue weighted by molar-refractivity contribution is -0.140. The van der Waals surface area contributed by atoms with Crippen molar-refractivity contribution in [3.05, 3.63) is 65.2 Å². The zero-order valence-electron chi connectivity index (χ0n) is 16.1. The second kappa shape index (κ2) is 9.76. The van der Waals surface area contributed by atoms with Crippen LogP contribution in [-0.4, -0.2) is 30.8 Å². The number of aliphatic hydroxyl groups excluding tert-OH is 1. The predicted molar refractivity (Wildman–Crippen MR) is 101 cm³/mol. The van der Waals surface area contributed by atoms with Gasteiger partial charge in [-0.1, -0.05) is 31.2 Å². The highest BCUT2D eigenvalue weighted by molar-refractivity contribution is 5.72. The molecule has 0 saturated heterocycles. The van der Waals surface area contributed by atoms with Gasteiger partial charge in [0, 0.05) is 12.0 Å². The fraction of sp³-hybridized carbons (Fsp3) is 0.381. The molecule has 0 bridgehead atoms. The van der Waals surface area contributed by atoms with Crippen molar-refractivity contribution in [3.63, 3.8) is 0 Å². The summed E-state index contributed by atoms with van der Waals surface area (Å²) in [5.74, 6) is -0.137. The highest BCUT2D eigenvalue weighted by atomic mass is 19.4. The van der Waals surface area contributed by atoms with Crippen LogP contribution in [0.4, 0.5) is 13.2 Å². The summed E-state index contributed by atoms with van der Waals surface area (Å²) in [7, 11) is 1.32. The smallest absolute Gasteiger partial charge is 0.416 e. The number of esters is 1. The van der Waals surface area contributed by atoms with Crippen LogP contribution in [0.25, 0.3) is 0 Å². The van der Waals surface area contributed by atoms with Gasteiger partial charge < -0.3 is 20.3 Å². The Morgan fingerprint density at radius 3 is 2.41 bits per heavy atom. The molecule has 0 aromatic heterocycles. The number of hydrogen-bond acceptors (Lipinski definition) is 5. The first-order valence-electron chi connectivity index (χ1n) is 9.01. The molecule has 0 aliphatic heterocycles. The fourth-order valence-electron chi connectivity index (χ4n) is 2.71. The van der Waals surface area contributed by atoms with E-state index in [-0.39, 0.29) is 30.5 Å². The van der Waals surface area contributed by atoms with Gasteiger partial charge in [0.05, 0.1) is 31.8 Å². The maximum atomic E-state index is 12.9. The summed E-state index contributed by atoms with van der Waals surface area (Å²) in [6.45, 7) is 1.90. The highest BCUT2D eigenvalue weighted by Crippen LogP contribution is 2.31. The SMILES string of the molecule is COC(=O)Cc1ccc(OCC(C)C(N)C(O)c2cccc(C(F)(F)F)c2)cc1.